The van der Waals surface area contributed by atoms with Gasteiger partial charge in [-0.15, -0.1) is 0 Å². The molecule has 0 spiro atoms. The van der Waals surface area contributed by atoms with Crippen molar-refractivity contribution in [1.29, 1.82) is 0 Å². The van der Waals surface area contributed by atoms with Gasteiger partial charge in [-0.3, -0.25) is 0 Å². The molecule has 90 valence electrons. The predicted octanol–water partition coefficient (Wildman–Crippen LogP) is 1.72. The van der Waals surface area contributed by atoms with Gasteiger partial charge in [-0.05, 0) is 19.4 Å². The molecule has 2 rings (SSSR count). The number of para-hydroxylation sites is 1. The van der Waals surface area contributed by atoms with E-state index >= 15 is 0 Å². The van der Waals surface area contributed by atoms with Crippen molar-refractivity contribution < 1.29 is 9.26 Å². The molecule has 0 amide bonds. The normalized spacial score (nSPS) is 10.5. The van der Waals surface area contributed by atoms with E-state index in [0.717, 1.165) is 16.9 Å². The van der Waals surface area contributed by atoms with Crippen molar-refractivity contribution in [1.82, 2.24) is 10.1 Å². The van der Waals surface area contributed by atoms with Gasteiger partial charge in [-0.25, -0.2) is 0 Å². The van der Waals surface area contributed by atoms with Crippen LogP contribution in [0.1, 0.15) is 22.8 Å². The van der Waals surface area contributed by atoms with Gasteiger partial charge in [0.15, 0.2) is 12.4 Å². The molecule has 0 saturated carbocycles. The maximum absolute atomic E-state index is 5.68. The molecular formula is C12H15N3O2. The number of aromatic nitrogens is 2. The van der Waals surface area contributed by atoms with Gasteiger partial charge in [0.05, 0.1) is 0 Å². The van der Waals surface area contributed by atoms with E-state index in [4.69, 9.17) is 15.0 Å². The number of benzene rings is 1. The summed E-state index contributed by atoms with van der Waals surface area (Å²) in [5, 5.41) is 3.70. The van der Waals surface area contributed by atoms with Crippen molar-refractivity contribution in [2.45, 2.75) is 27.0 Å². The second-order valence-electron chi connectivity index (χ2n) is 3.79. The SMILES string of the molecule is Cc1noc(COc2c(C)cccc2CN)n1. The zero-order chi connectivity index (χ0) is 12.3. The number of nitrogens with zero attached hydrogens (tertiary/aromatic N) is 2. The first-order valence-electron chi connectivity index (χ1n) is 5.41. The zero-order valence-electron chi connectivity index (χ0n) is 9.93. The number of ether oxygens (including phenoxy) is 1. The summed E-state index contributed by atoms with van der Waals surface area (Å²) in [6.45, 7) is 4.46. The van der Waals surface area contributed by atoms with Crippen molar-refractivity contribution in [2.75, 3.05) is 0 Å². The third-order valence-electron chi connectivity index (χ3n) is 2.42. The first-order chi connectivity index (χ1) is 8.20. The van der Waals surface area contributed by atoms with Crippen molar-refractivity contribution in [2.24, 2.45) is 5.73 Å². The van der Waals surface area contributed by atoms with Gasteiger partial charge in [0.25, 0.3) is 5.89 Å². The van der Waals surface area contributed by atoms with E-state index < -0.39 is 0 Å². The van der Waals surface area contributed by atoms with E-state index in [1.807, 2.05) is 25.1 Å². The molecule has 1 aromatic carbocycles. The number of hydrogen-bond acceptors (Lipinski definition) is 5. The van der Waals surface area contributed by atoms with Crippen molar-refractivity contribution >= 4 is 0 Å². The summed E-state index contributed by atoms with van der Waals surface area (Å²) in [6.07, 6.45) is 0. The van der Waals surface area contributed by atoms with Crippen LogP contribution in [0, 0.1) is 13.8 Å². The maximum Gasteiger partial charge on any atom is 0.264 e. The summed E-state index contributed by atoms with van der Waals surface area (Å²) in [4.78, 5) is 4.08. The largest absolute Gasteiger partial charge is 0.483 e. The highest BCUT2D eigenvalue weighted by atomic mass is 16.5. The van der Waals surface area contributed by atoms with Gasteiger partial charge in [0.1, 0.15) is 5.75 Å². The smallest absolute Gasteiger partial charge is 0.264 e. The van der Waals surface area contributed by atoms with Crippen LogP contribution in [-0.2, 0) is 13.2 Å². The Morgan fingerprint density at radius 2 is 2.18 bits per heavy atom. The average Bonchev–Trinajstić information content (AvgIpc) is 2.73. The van der Waals surface area contributed by atoms with Crippen LogP contribution in [0.5, 0.6) is 5.75 Å². The Labute approximate surface area is 99.6 Å². The first-order valence-corrected chi connectivity index (χ1v) is 5.41. The molecule has 2 aromatic rings. The lowest BCUT2D eigenvalue weighted by Crippen LogP contribution is -2.04. The van der Waals surface area contributed by atoms with Gasteiger partial charge in [-0.2, -0.15) is 4.98 Å². The third kappa shape index (κ3) is 2.62. The van der Waals surface area contributed by atoms with Crippen molar-refractivity contribution in [3.8, 4) is 5.75 Å². The Bertz CT molecular complexity index is 508. The van der Waals surface area contributed by atoms with E-state index in [1.54, 1.807) is 6.92 Å². The van der Waals surface area contributed by atoms with Crippen LogP contribution in [-0.4, -0.2) is 10.1 Å². The van der Waals surface area contributed by atoms with E-state index in [-0.39, 0.29) is 6.61 Å². The maximum atomic E-state index is 5.68. The molecule has 0 radical (unpaired) electrons. The summed E-state index contributed by atoms with van der Waals surface area (Å²) in [5.74, 6) is 1.87. The second-order valence-corrected chi connectivity index (χ2v) is 3.79. The van der Waals surface area contributed by atoms with Crippen LogP contribution in [0.3, 0.4) is 0 Å². The van der Waals surface area contributed by atoms with Crippen molar-refractivity contribution in [3.63, 3.8) is 0 Å². The average molecular weight is 233 g/mol. The molecule has 0 saturated heterocycles. The minimum absolute atomic E-state index is 0.263. The molecule has 2 N–H and O–H groups in total. The van der Waals surface area contributed by atoms with Gasteiger partial charge >= 0.3 is 0 Å². The molecule has 0 atom stereocenters. The van der Waals surface area contributed by atoms with Crippen LogP contribution in [0.4, 0.5) is 0 Å². The molecule has 0 aliphatic carbocycles. The number of hydrogen-bond donors (Lipinski definition) is 1. The highest BCUT2D eigenvalue weighted by Gasteiger charge is 2.08. The molecule has 5 nitrogen and oxygen atoms in total. The van der Waals surface area contributed by atoms with Crippen LogP contribution >= 0.6 is 0 Å². The summed E-state index contributed by atoms with van der Waals surface area (Å²) >= 11 is 0. The third-order valence-corrected chi connectivity index (χ3v) is 2.42. The highest BCUT2D eigenvalue weighted by Crippen LogP contribution is 2.23. The summed E-state index contributed by atoms with van der Waals surface area (Å²) in [7, 11) is 0. The van der Waals surface area contributed by atoms with Crippen LogP contribution in [0.2, 0.25) is 0 Å². The zero-order valence-corrected chi connectivity index (χ0v) is 9.93. The molecule has 0 aliphatic rings. The predicted molar refractivity (Wildman–Crippen MR) is 62.4 cm³/mol. The Morgan fingerprint density at radius 1 is 1.35 bits per heavy atom. The Balaban J connectivity index is 2.13. The Morgan fingerprint density at radius 3 is 2.82 bits per heavy atom. The van der Waals surface area contributed by atoms with Crippen molar-refractivity contribution in [3.05, 3.63) is 41.0 Å². The minimum atomic E-state index is 0.263. The van der Waals surface area contributed by atoms with E-state index in [0.29, 0.717) is 18.3 Å². The monoisotopic (exact) mass is 233 g/mol. The fourth-order valence-corrected chi connectivity index (χ4v) is 1.61. The molecule has 1 aromatic heterocycles. The van der Waals surface area contributed by atoms with E-state index in [1.165, 1.54) is 0 Å². The lowest BCUT2D eigenvalue weighted by molar-refractivity contribution is 0.239. The summed E-state index contributed by atoms with van der Waals surface area (Å²) < 4.78 is 10.7. The lowest BCUT2D eigenvalue weighted by atomic mass is 10.1. The summed E-state index contributed by atoms with van der Waals surface area (Å²) in [6, 6.07) is 5.89. The number of rotatable bonds is 4. The van der Waals surface area contributed by atoms with Crippen LogP contribution in [0.15, 0.2) is 22.7 Å². The second kappa shape index (κ2) is 4.97. The molecule has 0 aliphatic heterocycles. The fourth-order valence-electron chi connectivity index (χ4n) is 1.61. The summed E-state index contributed by atoms with van der Waals surface area (Å²) in [5.41, 5.74) is 7.68. The standard InChI is InChI=1S/C12H15N3O2/c1-8-4-3-5-10(6-13)12(8)16-7-11-14-9(2)15-17-11/h3-5H,6-7,13H2,1-2H3. The van der Waals surface area contributed by atoms with Gasteiger partial charge < -0.3 is 15.0 Å². The molecule has 17 heavy (non-hydrogen) atoms. The lowest BCUT2D eigenvalue weighted by Gasteiger charge is -2.11. The molecule has 1 heterocycles. The van der Waals surface area contributed by atoms with Crippen LogP contribution in [0.25, 0.3) is 0 Å². The Hall–Kier alpha value is -1.88. The minimum Gasteiger partial charge on any atom is -0.483 e. The molecular weight excluding hydrogens is 218 g/mol. The van der Waals surface area contributed by atoms with Crippen LogP contribution < -0.4 is 10.5 Å². The molecule has 0 unspecified atom stereocenters. The quantitative estimate of drug-likeness (QED) is 0.870. The van der Waals surface area contributed by atoms with E-state index in [9.17, 15) is 0 Å². The molecule has 0 fully saturated rings. The van der Waals surface area contributed by atoms with Gasteiger partial charge in [-0.1, -0.05) is 23.4 Å². The first kappa shape index (κ1) is 11.6. The fraction of sp³-hybridized carbons (Fsp3) is 0.333. The van der Waals surface area contributed by atoms with E-state index in [2.05, 4.69) is 10.1 Å². The Kier molecular flexibility index (Phi) is 3.39. The number of aryl methyl sites for hydroxylation is 2. The van der Waals surface area contributed by atoms with Gasteiger partial charge in [0, 0.05) is 12.1 Å². The highest BCUT2D eigenvalue weighted by molar-refractivity contribution is 5.40. The molecule has 5 heteroatoms. The molecule has 0 bridgehead atoms. The number of nitrogens with two attached hydrogens (primary N) is 1. The van der Waals surface area contributed by atoms with Gasteiger partial charge in [0.2, 0.25) is 0 Å². The topological polar surface area (TPSA) is 74.2 Å².